The van der Waals surface area contributed by atoms with E-state index in [9.17, 15) is 0 Å². The Morgan fingerprint density at radius 2 is 2.25 bits per heavy atom. The third-order valence-corrected chi connectivity index (χ3v) is 2.70. The Labute approximate surface area is 104 Å². The van der Waals surface area contributed by atoms with Crippen LogP contribution in [0.5, 0.6) is 0 Å². The van der Waals surface area contributed by atoms with Crippen LogP contribution >= 0.6 is 12.6 Å². The van der Waals surface area contributed by atoms with Gasteiger partial charge in [-0.25, -0.2) is 0 Å². The van der Waals surface area contributed by atoms with Crippen LogP contribution in [-0.4, -0.2) is 52.1 Å². The zero-order valence-electron chi connectivity index (χ0n) is 9.95. The van der Waals surface area contributed by atoms with Crippen LogP contribution in [0, 0.1) is 0 Å². The molecule has 0 spiro atoms. The van der Waals surface area contributed by atoms with Crippen LogP contribution in [0.1, 0.15) is 19.3 Å². The lowest BCUT2D eigenvalue weighted by Gasteiger charge is -2.00. The second kappa shape index (κ2) is 9.30. The summed E-state index contributed by atoms with van der Waals surface area (Å²) in [5.74, 6) is 0.519. The third-order valence-electron chi connectivity index (χ3n) is 2.51. The van der Waals surface area contributed by atoms with Gasteiger partial charge in [-0.05, 0) is 39.2 Å². The van der Waals surface area contributed by atoms with Crippen LogP contribution in [-0.2, 0) is 9.47 Å². The number of rotatable bonds is 11. The average Bonchev–Trinajstić information content (AvgIpc) is 3.03. The van der Waals surface area contributed by atoms with Crippen LogP contribution in [0.4, 0.5) is 0 Å². The molecule has 4 nitrogen and oxygen atoms in total. The molecule has 1 aliphatic heterocycles. The molecule has 93 valence electrons. The van der Waals surface area contributed by atoms with E-state index in [-0.39, 0.29) is 6.23 Å². The Morgan fingerprint density at radius 3 is 3.00 bits per heavy atom. The van der Waals surface area contributed by atoms with E-state index < -0.39 is 0 Å². The minimum absolute atomic E-state index is 0.277. The molecule has 0 aromatic rings. The number of hydrogen-bond donors (Lipinski definition) is 3. The maximum atomic E-state index is 5.50. The first kappa shape index (κ1) is 14.3. The van der Waals surface area contributed by atoms with Crippen molar-refractivity contribution < 1.29 is 9.47 Å². The van der Waals surface area contributed by atoms with E-state index >= 15 is 0 Å². The minimum Gasteiger partial charge on any atom is -0.371 e. The molecule has 16 heavy (non-hydrogen) atoms. The fraction of sp³-hybridized carbons (Fsp3) is 1.00. The number of nitrogens with one attached hydrogen (secondary N) is 2. The van der Waals surface area contributed by atoms with Crippen LogP contribution in [0.15, 0.2) is 0 Å². The zero-order valence-corrected chi connectivity index (χ0v) is 10.8. The Kier molecular flexibility index (Phi) is 8.32. The Hall–Kier alpha value is 0.255. The molecule has 0 aromatic heterocycles. The SMILES string of the molecule is CNC[B]CNC1OC1CCCCOCS. The molecule has 0 saturated carbocycles. The van der Waals surface area contributed by atoms with Crippen molar-refractivity contribution in [2.75, 3.05) is 32.5 Å². The summed E-state index contributed by atoms with van der Waals surface area (Å²) >= 11 is 3.98. The molecule has 2 atom stereocenters. The van der Waals surface area contributed by atoms with Gasteiger partial charge in [0, 0.05) is 6.61 Å². The van der Waals surface area contributed by atoms with E-state index in [2.05, 4.69) is 30.5 Å². The minimum atomic E-state index is 0.277. The summed E-state index contributed by atoms with van der Waals surface area (Å²) < 4.78 is 10.6. The van der Waals surface area contributed by atoms with E-state index in [0.29, 0.717) is 12.0 Å². The van der Waals surface area contributed by atoms with Gasteiger partial charge < -0.3 is 14.8 Å². The van der Waals surface area contributed by atoms with Gasteiger partial charge in [0.05, 0.1) is 12.0 Å². The fourth-order valence-corrected chi connectivity index (χ4v) is 1.70. The number of unbranched alkanes of at least 4 members (excludes halogenated alkanes) is 1. The monoisotopic (exact) mass is 245 g/mol. The Bertz CT molecular complexity index is 177. The molecular formula is C10H22BN2O2S. The largest absolute Gasteiger partial charge is 0.371 e. The first-order valence-corrected chi connectivity index (χ1v) is 6.55. The molecule has 1 aliphatic rings. The van der Waals surface area contributed by atoms with Gasteiger partial charge in [0.1, 0.15) is 13.5 Å². The molecule has 0 amide bonds. The zero-order chi connectivity index (χ0) is 11.6. The molecule has 0 aromatic carbocycles. The third kappa shape index (κ3) is 6.76. The van der Waals surface area contributed by atoms with Crippen molar-refractivity contribution in [2.24, 2.45) is 0 Å². The summed E-state index contributed by atoms with van der Waals surface area (Å²) in [7, 11) is 4.11. The molecular weight excluding hydrogens is 223 g/mol. The van der Waals surface area contributed by atoms with Crippen LogP contribution < -0.4 is 10.6 Å². The van der Waals surface area contributed by atoms with Gasteiger partial charge in [-0.2, -0.15) is 12.6 Å². The van der Waals surface area contributed by atoms with Crippen molar-refractivity contribution in [2.45, 2.75) is 31.6 Å². The van der Waals surface area contributed by atoms with Gasteiger partial charge >= 0.3 is 0 Å². The molecule has 1 radical (unpaired) electrons. The molecule has 1 heterocycles. The van der Waals surface area contributed by atoms with E-state index in [1.165, 1.54) is 0 Å². The highest BCUT2D eigenvalue weighted by Crippen LogP contribution is 2.24. The highest BCUT2D eigenvalue weighted by molar-refractivity contribution is 7.80. The van der Waals surface area contributed by atoms with Crippen molar-refractivity contribution in [1.82, 2.24) is 10.6 Å². The highest BCUT2D eigenvalue weighted by Gasteiger charge is 2.37. The van der Waals surface area contributed by atoms with Gasteiger partial charge in [0.25, 0.3) is 0 Å². The molecule has 0 aliphatic carbocycles. The maximum absolute atomic E-state index is 5.50. The summed E-state index contributed by atoms with van der Waals surface area (Å²) in [6.07, 6.45) is 5.92. The van der Waals surface area contributed by atoms with Crippen LogP contribution in [0.2, 0.25) is 0 Å². The maximum Gasteiger partial charge on any atom is 0.147 e. The quantitative estimate of drug-likeness (QED) is 0.160. The summed E-state index contributed by atoms with van der Waals surface area (Å²) in [5, 5.41) is 6.40. The second-order valence-corrected chi connectivity index (χ2v) is 4.14. The number of thiol groups is 1. The first-order valence-electron chi connectivity index (χ1n) is 5.92. The van der Waals surface area contributed by atoms with E-state index in [4.69, 9.17) is 9.47 Å². The van der Waals surface area contributed by atoms with Gasteiger partial charge in [-0.15, -0.1) is 0 Å². The van der Waals surface area contributed by atoms with Gasteiger partial charge in [0.15, 0.2) is 0 Å². The van der Waals surface area contributed by atoms with Crippen LogP contribution in [0.3, 0.4) is 0 Å². The van der Waals surface area contributed by atoms with Gasteiger partial charge in [-0.1, -0.05) is 0 Å². The van der Waals surface area contributed by atoms with Crippen molar-refractivity contribution >= 4 is 19.9 Å². The lowest BCUT2D eigenvalue weighted by Crippen LogP contribution is -2.30. The van der Waals surface area contributed by atoms with Gasteiger partial charge in [0.2, 0.25) is 0 Å². The normalized spacial score (nSPS) is 23.4. The second-order valence-electron chi connectivity index (χ2n) is 3.88. The van der Waals surface area contributed by atoms with Crippen LogP contribution in [0.25, 0.3) is 0 Å². The molecule has 1 saturated heterocycles. The predicted molar refractivity (Wildman–Crippen MR) is 70.0 cm³/mol. The van der Waals surface area contributed by atoms with Gasteiger partial charge in [-0.3, -0.25) is 5.32 Å². The topological polar surface area (TPSA) is 45.8 Å². The van der Waals surface area contributed by atoms with E-state index in [1.807, 2.05) is 7.05 Å². The summed E-state index contributed by atoms with van der Waals surface area (Å²) in [6, 6.07) is 0. The Balaban J connectivity index is 1.79. The molecule has 2 N–H and O–H groups in total. The van der Waals surface area contributed by atoms with E-state index in [0.717, 1.165) is 38.8 Å². The molecule has 6 heteroatoms. The lowest BCUT2D eigenvalue weighted by molar-refractivity contribution is 0.177. The summed E-state index contributed by atoms with van der Waals surface area (Å²) in [4.78, 5) is 0. The first-order chi connectivity index (χ1) is 7.88. The van der Waals surface area contributed by atoms with Crippen molar-refractivity contribution in [1.29, 1.82) is 0 Å². The number of hydrogen-bond acceptors (Lipinski definition) is 5. The summed E-state index contributed by atoms with van der Waals surface area (Å²) in [6.45, 7) is 0.810. The van der Waals surface area contributed by atoms with Crippen molar-refractivity contribution in [3.8, 4) is 0 Å². The average molecular weight is 245 g/mol. The predicted octanol–water partition coefficient (Wildman–Crippen LogP) is 0.214. The summed E-state index contributed by atoms with van der Waals surface area (Å²) in [5.41, 5.74) is 0. The highest BCUT2D eigenvalue weighted by atomic mass is 32.1. The van der Waals surface area contributed by atoms with Crippen molar-refractivity contribution in [3.05, 3.63) is 0 Å². The lowest BCUT2D eigenvalue weighted by atomic mass is 9.79. The Morgan fingerprint density at radius 1 is 1.38 bits per heavy atom. The standard InChI is InChI=1S/C10H22BN2O2S/c1-12-6-11-7-13-10-9(15-10)4-2-3-5-14-8-16/h9-10,12-13,16H,2-8H2,1H3. The fourth-order valence-electron chi connectivity index (χ4n) is 1.57. The molecule has 1 fully saturated rings. The van der Waals surface area contributed by atoms with E-state index in [1.54, 1.807) is 0 Å². The number of epoxide rings is 1. The smallest absolute Gasteiger partial charge is 0.147 e. The molecule has 1 rings (SSSR count). The molecule has 2 unspecified atom stereocenters. The molecule has 0 bridgehead atoms. The number of ether oxygens (including phenoxy) is 2. The van der Waals surface area contributed by atoms with Crippen molar-refractivity contribution in [3.63, 3.8) is 0 Å².